The van der Waals surface area contributed by atoms with E-state index >= 15 is 0 Å². The normalized spacial score (nSPS) is 9.43. The molecule has 0 spiro atoms. The van der Waals surface area contributed by atoms with Crippen molar-refractivity contribution in [3.63, 3.8) is 0 Å². The smallest absolute Gasteiger partial charge is 0.422 e. The molecule has 0 unspecified atom stereocenters. The fourth-order valence-electron chi connectivity index (χ4n) is 4.43. The molecule has 0 atom stereocenters. The Morgan fingerprint density at radius 3 is 0.830 bits per heavy atom. The first-order valence-corrected chi connectivity index (χ1v) is 38.8. The van der Waals surface area contributed by atoms with E-state index in [-0.39, 0.29) is 107 Å². The van der Waals surface area contributed by atoms with Crippen LogP contribution in [0.1, 0.15) is 177 Å². The van der Waals surface area contributed by atoms with Crippen molar-refractivity contribution in [3.8, 4) is 5.75 Å². The van der Waals surface area contributed by atoms with E-state index in [9.17, 15) is 150 Å². The molecule has 0 aliphatic carbocycles. The van der Waals surface area contributed by atoms with Gasteiger partial charge in [-0.15, -0.1) is 0 Å². The van der Waals surface area contributed by atoms with Gasteiger partial charge in [0.2, 0.25) is 5.83 Å². The molecule has 0 aliphatic heterocycles. The fraction of sp³-hybridized carbons (Fsp3) is 0.489. The summed E-state index contributed by atoms with van der Waals surface area (Å²) >= 11 is 0. The number of ether oxygens (including phenoxy) is 9. The number of hydrogen-bond acceptors (Lipinski definition) is 25. The zero-order valence-corrected chi connectivity index (χ0v) is 81.0. The molecule has 0 bridgehead atoms. The van der Waals surface area contributed by atoms with E-state index < -0.39 is 120 Å². The Morgan fingerprint density at radius 2 is 0.631 bits per heavy atom. The molecular weight excluding hydrogens is 1950 g/mol. The van der Waals surface area contributed by atoms with E-state index in [1.165, 1.54) is 58.5 Å². The van der Waals surface area contributed by atoms with E-state index in [0.717, 1.165) is 56.9 Å². The monoisotopic (exact) mass is 2080 g/mol. The number of rotatable bonds is 33. The number of allylic oxidation sites excluding steroid dienone is 4. The summed E-state index contributed by atoms with van der Waals surface area (Å²) in [6.45, 7) is 69.1. The van der Waals surface area contributed by atoms with Crippen LogP contribution in [0.3, 0.4) is 0 Å². The molecule has 25 nitrogen and oxygen atoms in total. The first kappa shape index (κ1) is 171. The van der Waals surface area contributed by atoms with Crippen molar-refractivity contribution in [2.75, 3.05) is 86.5 Å². The topological polar surface area (TPSA) is 341 Å². The van der Waals surface area contributed by atoms with Gasteiger partial charge in [-0.1, -0.05) is 134 Å². The number of ketones is 4. The maximum absolute atomic E-state index is 12.9. The molecule has 1 aromatic rings. The van der Waals surface area contributed by atoms with Crippen LogP contribution in [0.25, 0.3) is 0 Å². The third-order valence-electron chi connectivity index (χ3n) is 12.4. The Labute approximate surface area is 810 Å². The minimum absolute atomic E-state index is 0. The van der Waals surface area contributed by atoms with Crippen LogP contribution in [0.5, 0.6) is 5.75 Å². The van der Waals surface area contributed by atoms with Gasteiger partial charge in [0.05, 0.1) is 72.2 Å². The van der Waals surface area contributed by atoms with Gasteiger partial charge in [-0.3, -0.25) is 23.6 Å². The summed E-state index contributed by atoms with van der Waals surface area (Å²) in [5.74, 6) is -3.23. The van der Waals surface area contributed by atoms with E-state index in [2.05, 4.69) is 130 Å². The molecule has 0 fully saturated rings. The number of carbonyl (C=O) groups is 11. The van der Waals surface area contributed by atoms with Gasteiger partial charge in [-0.25, -0.2) is 47.9 Å². The van der Waals surface area contributed by atoms with Crippen molar-refractivity contribution in [1.29, 1.82) is 0 Å². The minimum Gasteiger partial charge on any atom is -0.463 e. The first-order chi connectivity index (χ1) is 63.5. The summed E-state index contributed by atoms with van der Waals surface area (Å²) in [6.07, 6.45) is -23.9. The average molecular weight is 2080 g/mol. The molecule has 1 rings (SSSR count). The molecule has 1 aromatic carbocycles. The predicted octanol–water partition coefficient (Wildman–Crippen LogP) is 24.0. The second-order valence-electron chi connectivity index (χ2n) is 24.7. The van der Waals surface area contributed by atoms with Gasteiger partial charge >= 0.3 is 78.8 Å². The van der Waals surface area contributed by atoms with Crippen LogP contribution in [0.15, 0.2) is 197 Å². The Morgan fingerprint density at radius 1 is 0.355 bits per heavy atom. The van der Waals surface area contributed by atoms with Gasteiger partial charge in [0.25, 0.3) is 0 Å². The molecule has 0 N–H and O–H groups in total. The van der Waals surface area contributed by atoms with E-state index in [1.54, 1.807) is 41.5 Å². The summed E-state index contributed by atoms with van der Waals surface area (Å²) in [6, 6.07) is 2.99. The van der Waals surface area contributed by atoms with E-state index in [4.69, 9.17) is 28.6 Å². The minimum atomic E-state index is -5.53. The number of Topliss-reactive ketones (excluding diaryl/α,β-unsaturated/α-hetero) is 3. The average Bonchev–Trinajstić information content (AvgIpc) is 0.750. The number of alkyl halides is 19. The van der Waals surface area contributed by atoms with Crippen molar-refractivity contribution in [2.45, 2.75) is 214 Å². The van der Waals surface area contributed by atoms with Crippen LogP contribution in [0, 0.1) is 5.41 Å². The highest BCUT2D eigenvalue weighted by Crippen LogP contribution is 2.52. The predicted molar refractivity (Wildman–Crippen MR) is 489 cm³/mol. The summed E-state index contributed by atoms with van der Waals surface area (Å²) < 4.78 is 304. The number of halogens is 22. The Hall–Kier alpha value is -12.7. The van der Waals surface area contributed by atoms with E-state index in [1.807, 2.05) is 44.9 Å². The van der Waals surface area contributed by atoms with Crippen molar-refractivity contribution < 1.29 is 216 Å². The first-order valence-electron chi connectivity index (χ1n) is 38.8. The van der Waals surface area contributed by atoms with Crippen molar-refractivity contribution in [3.05, 3.63) is 202 Å². The van der Waals surface area contributed by atoms with Gasteiger partial charge in [-0.05, 0) is 203 Å². The Bertz CT molecular complexity index is 3840. The highest BCUT2D eigenvalue weighted by atomic mass is 19.4. The Balaban J connectivity index is -0.0000000737. The van der Waals surface area contributed by atoms with Gasteiger partial charge in [0, 0.05) is 35.5 Å². The number of benzene rings is 1. The third-order valence-corrected chi connectivity index (χ3v) is 12.4. The second-order valence-corrected chi connectivity index (χ2v) is 24.7. The van der Waals surface area contributed by atoms with Gasteiger partial charge in [0.1, 0.15) is 24.5 Å². The molecule has 141 heavy (non-hydrogen) atoms. The van der Waals surface area contributed by atoms with Crippen molar-refractivity contribution in [1.82, 2.24) is 0 Å². The third kappa shape index (κ3) is 118. The largest absolute Gasteiger partial charge is 0.463 e. The molecule has 0 aliphatic rings. The quantitative estimate of drug-likeness (QED) is 0.00922. The van der Waals surface area contributed by atoms with Crippen LogP contribution in [-0.2, 0) is 120 Å². The maximum Gasteiger partial charge on any atom is 0.422 e. The van der Waals surface area contributed by atoms with Crippen LogP contribution >= 0.6 is 0 Å². The molecular formula is C94H134F22O25. The highest BCUT2D eigenvalue weighted by Gasteiger charge is 2.69. The molecule has 0 heterocycles. The summed E-state index contributed by atoms with van der Waals surface area (Å²) in [5.41, 5.74) is -4.33. The van der Waals surface area contributed by atoms with E-state index in [0.29, 0.717) is 75.5 Å². The SMILES string of the molecule is C.C.C=C(C(=O)OCCC)C(F)(F)F.C=C(C(C)=O)C(F)(F)F.C=C(C)C(=O)OCCC.C=C(C)C(=O)OCCOCC(C)(C(F)(F)F)C(F)(F)F.C=C(C)C(=O)Oc1ccc(C(C)(C(F)(F)F)C(F)(F)F)cc1.C=C(C)C(C)=O.C=C(C)C(C)=O.C=C(F)C(=O)OCCOCCC.C=C=C=O.C=C=C=O.C=C=C=O.C=CC(=O)OCC.C=CC(=O)OCCC.C=CC(C)=O.CCCOF.CCOF.CF. The zero-order chi connectivity index (χ0) is 114. The molecule has 0 radical (unpaired) electrons. The van der Waals surface area contributed by atoms with Crippen LogP contribution in [-0.4, -0.2) is 206 Å². The summed E-state index contributed by atoms with van der Waals surface area (Å²) in [5, 5.41) is 0. The maximum atomic E-state index is 12.9. The molecule has 0 aromatic heterocycles. The highest BCUT2D eigenvalue weighted by molar-refractivity contribution is 5.94. The number of hydrogen-bond donors (Lipinski definition) is 0. The lowest BCUT2D eigenvalue weighted by molar-refractivity contribution is -0.345. The van der Waals surface area contributed by atoms with Crippen LogP contribution in [0.2, 0.25) is 0 Å². The molecule has 0 saturated carbocycles. The second kappa shape index (κ2) is 105. The van der Waals surface area contributed by atoms with Crippen LogP contribution < -0.4 is 4.74 Å². The van der Waals surface area contributed by atoms with Crippen molar-refractivity contribution >= 4 is 82.7 Å². The lowest BCUT2D eigenvalue weighted by Gasteiger charge is -2.34. The molecule has 0 amide bonds. The van der Waals surface area contributed by atoms with Gasteiger partial charge in [0.15, 0.2) is 51.8 Å². The fourth-order valence-corrected chi connectivity index (χ4v) is 4.43. The summed E-state index contributed by atoms with van der Waals surface area (Å²) in [4.78, 5) is 147. The summed E-state index contributed by atoms with van der Waals surface area (Å²) in [7, 11) is 0.500. The Kier molecular flexibility index (Phi) is 127. The number of esters is 7. The molecule has 0 saturated heterocycles. The van der Waals surface area contributed by atoms with Gasteiger partial charge in [-0.2, -0.15) is 93.3 Å². The lowest BCUT2D eigenvalue weighted by atomic mass is 9.81. The van der Waals surface area contributed by atoms with Crippen LogP contribution in [0.4, 0.5) is 96.9 Å². The number of carbonyl (C=O) groups excluding carboxylic acids is 14. The van der Waals surface area contributed by atoms with Crippen molar-refractivity contribution in [2.24, 2.45) is 5.41 Å². The lowest BCUT2D eigenvalue weighted by Crippen LogP contribution is -2.51. The standard InChI is InChI=1S/C14H12F6O2.C11H14F6O3.C8H13FO3.C7H9F3O2.C7H12O2.C6H10O2.C5H5F3O.C5H8O2.2C5H8O.C4H6O.C3H7FO.3C3H2O.C2H5FO.CH3F.2CH4/c1-8(2)11(21)22-10-6-4-9(5-7-10)12(3,13(15,16)17)14(18,19)20;1-7(2)8(18)20-5-4-19-6-9(3,10(12,13)14)11(15,16)17;1-3-4-11-5-6-12-8(10)7(2)9;1-3-4-12-6(11)5(2)7(8,9)10;1-4-5-9-7(8)6(2)3;1-3-5-8-6(7)4-2;1-3(4(2)9)5(6,7)8;1-3-5(6)7-4-2;2*1-4(2)5(3)6;1-3-4(2)5;1-2-3-5-4;3*1-2-3-4;1-2-4-3;1-2;;/h4-7H,1H2,2-3H3;1,4-6H2,2-3H3;2-6H2,1H3;2-4H2,1H3;2,4-5H2,1,3H3;4H,2-3,5H2,1H3;1H2,2H3;3H,1,4H2,2H3;2*1H2,2-3H3;3H,1H2,2H3;2-3H2,1H3;3*1H2;2H2,1H3;1H3;2*1H4. The van der Waals surface area contributed by atoms with Gasteiger partial charge < -0.3 is 42.6 Å². The zero-order valence-electron chi connectivity index (χ0n) is 81.0. The molecule has 814 valence electrons. The molecule has 47 heteroatoms.